The van der Waals surface area contributed by atoms with Crippen LogP contribution in [0.1, 0.15) is 34.7 Å². The van der Waals surface area contributed by atoms with Gasteiger partial charge >= 0.3 is 6.18 Å². The fraction of sp³-hybridized carbons (Fsp3) is 0.278. The van der Waals surface area contributed by atoms with E-state index in [1.54, 1.807) is 19.1 Å². The number of alkyl halides is 3. The summed E-state index contributed by atoms with van der Waals surface area (Å²) in [6.07, 6.45) is -3.43. The summed E-state index contributed by atoms with van der Waals surface area (Å²) in [5.74, 6) is -0.717. The third-order valence-corrected chi connectivity index (χ3v) is 5.85. The van der Waals surface area contributed by atoms with Gasteiger partial charge in [0.25, 0.3) is 0 Å². The number of nitrogens with one attached hydrogen (secondary N) is 1. The standard InChI is InChI=1S/C18H14ClF4N3S.ClH/c1-2-26-8-11(17(25-26)18(21,22)23)15-9(4-3-5-12(15)20)16-10-6-14(19)27-13(10)7-24-16;/h3-6,8,16,24H,2,7H2,1H3;1H. The number of thiophene rings is 1. The van der Waals surface area contributed by atoms with Crippen LogP contribution >= 0.6 is 35.3 Å². The minimum absolute atomic E-state index is 0. The molecule has 3 aromatic rings. The van der Waals surface area contributed by atoms with Gasteiger partial charge in [-0.25, -0.2) is 4.39 Å². The topological polar surface area (TPSA) is 29.9 Å². The highest BCUT2D eigenvalue weighted by Gasteiger charge is 2.39. The summed E-state index contributed by atoms with van der Waals surface area (Å²) in [5.41, 5.74) is -0.124. The largest absolute Gasteiger partial charge is 0.435 e. The molecule has 1 unspecified atom stereocenters. The molecule has 28 heavy (non-hydrogen) atoms. The van der Waals surface area contributed by atoms with Gasteiger partial charge in [0.1, 0.15) is 5.82 Å². The van der Waals surface area contributed by atoms with Crippen LogP contribution < -0.4 is 5.32 Å². The number of rotatable bonds is 3. The molecule has 0 spiro atoms. The quantitative estimate of drug-likeness (QED) is 0.490. The van der Waals surface area contributed by atoms with Crippen molar-refractivity contribution in [1.82, 2.24) is 15.1 Å². The molecule has 1 atom stereocenters. The zero-order valence-electron chi connectivity index (χ0n) is 14.5. The highest BCUT2D eigenvalue weighted by molar-refractivity contribution is 7.16. The van der Waals surface area contributed by atoms with Gasteiger partial charge in [0, 0.05) is 35.3 Å². The first-order chi connectivity index (χ1) is 12.8. The summed E-state index contributed by atoms with van der Waals surface area (Å²) in [5, 5.41) is 6.86. The molecule has 1 aromatic carbocycles. The van der Waals surface area contributed by atoms with Gasteiger partial charge in [0.05, 0.1) is 10.4 Å². The molecule has 3 nitrogen and oxygen atoms in total. The molecule has 0 aliphatic carbocycles. The maximum Gasteiger partial charge on any atom is 0.435 e. The number of fused-ring (bicyclic) bond motifs is 1. The van der Waals surface area contributed by atoms with E-state index in [1.807, 2.05) is 0 Å². The predicted molar refractivity (Wildman–Crippen MR) is 104 cm³/mol. The van der Waals surface area contributed by atoms with E-state index < -0.39 is 23.7 Å². The van der Waals surface area contributed by atoms with Crippen molar-refractivity contribution in [2.24, 2.45) is 0 Å². The van der Waals surface area contributed by atoms with Crippen molar-refractivity contribution in [3.8, 4) is 11.1 Å². The second-order valence-corrected chi connectivity index (χ2v) is 7.96. The lowest BCUT2D eigenvalue weighted by Crippen LogP contribution is -2.16. The van der Waals surface area contributed by atoms with E-state index in [-0.39, 0.29) is 30.1 Å². The van der Waals surface area contributed by atoms with E-state index in [0.717, 1.165) is 10.4 Å². The molecule has 10 heteroatoms. The third-order valence-electron chi connectivity index (χ3n) is 4.57. The Balaban J connectivity index is 0.00000225. The van der Waals surface area contributed by atoms with E-state index in [9.17, 15) is 17.6 Å². The van der Waals surface area contributed by atoms with Gasteiger partial charge in [-0.2, -0.15) is 18.3 Å². The Morgan fingerprint density at radius 2 is 2.07 bits per heavy atom. The summed E-state index contributed by atoms with van der Waals surface area (Å²) in [7, 11) is 0. The Kier molecular flexibility index (Phi) is 5.78. The lowest BCUT2D eigenvalue weighted by atomic mass is 9.92. The number of hydrogen-bond acceptors (Lipinski definition) is 3. The average molecular weight is 452 g/mol. The predicted octanol–water partition coefficient (Wildman–Crippen LogP) is 6.06. The fourth-order valence-corrected chi connectivity index (χ4v) is 4.68. The minimum atomic E-state index is -4.69. The molecule has 0 saturated heterocycles. The lowest BCUT2D eigenvalue weighted by Gasteiger charge is -2.18. The molecular weight excluding hydrogens is 437 g/mol. The van der Waals surface area contributed by atoms with Gasteiger partial charge in [-0.3, -0.25) is 4.68 Å². The maximum absolute atomic E-state index is 14.8. The molecule has 0 bridgehead atoms. The molecular formula is C18H15Cl2F4N3S. The molecule has 0 radical (unpaired) electrons. The van der Waals surface area contributed by atoms with Gasteiger partial charge in [-0.1, -0.05) is 23.7 Å². The number of nitrogens with zero attached hydrogens (tertiary/aromatic N) is 2. The first-order valence-corrected chi connectivity index (χ1v) is 9.44. The van der Waals surface area contributed by atoms with Gasteiger partial charge in [0.2, 0.25) is 0 Å². The second kappa shape index (κ2) is 7.67. The molecule has 1 aliphatic rings. The first kappa shape index (κ1) is 21.1. The Hall–Kier alpha value is -1.61. The molecule has 1 aliphatic heterocycles. The molecule has 0 fully saturated rings. The van der Waals surface area contributed by atoms with Crippen molar-refractivity contribution in [3.63, 3.8) is 0 Å². The summed E-state index contributed by atoms with van der Waals surface area (Å²) >= 11 is 7.49. The van der Waals surface area contributed by atoms with E-state index in [0.29, 0.717) is 16.4 Å². The van der Waals surface area contributed by atoms with Crippen molar-refractivity contribution in [1.29, 1.82) is 0 Å². The van der Waals surface area contributed by atoms with Crippen LogP contribution in [0.4, 0.5) is 17.6 Å². The van der Waals surface area contributed by atoms with Crippen molar-refractivity contribution in [2.75, 3.05) is 0 Å². The van der Waals surface area contributed by atoms with Gasteiger partial charge < -0.3 is 5.32 Å². The summed E-state index contributed by atoms with van der Waals surface area (Å²) in [6.45, 7) is 2.46. The van der Waals surface area contributed by atoms with E-state index >= 15 is 0 Å². The van der Waals surface area contributed by atoms with Gasteiger partial charge in [0.15, 0.2) is 5.69 Å². The van der Waals surface area contributed by atoms with Crippen LogP contribution in [0.2, 0.25) is 4.34 Å². The van der Waals surface area contributed by atoms with Crippen LogP contribution in [-0.4, -0.2) is 9.78 Å². The number of aryl methyl sites for hydroxylation is 1. The Labute approximate surface area is 173 Å². The van der Waals surface area contributed by atoms with Crippen molar-refractivity contribution >= 4 is 35.3 Å². The highest BCUT2D eigenvalue weighted by Crippen LogP contribution is 2.44. The normalized spacial score (nSPS) is 16.1. The van der Waals surface area contributed by atoms with E-state index in [4.69, 9.17) is 11.6 Å². The van der Waals surface area contributed by atoms with Crippen LogP contribution in [0, 0.1) is 5.82 Å². The first-order valence-electron chi connectivity index (χ1n) is 8.24. The fourth-order valence-electron chi connectivity index (χ4n) is 3.41. The Morgan fingerprint density at radius 1 is 1.32 bits per heavy atom. The average Bonchev–Trinajstić information content (AvgIpc) is 3.27. The maximum atomic E-state index is 14.8. The molecule has 0 saturated carbocycles. The number of aromatic nitrogens is 2. The molecule has 3 heterocycles. The molecule has 0 amide bonds. The molecule has 1 N–H and O–H groups in total. The number of hydrogen-bond donors (Lipinski definition) is 1. The SMILES string of the molecule is CCn1cc(-c2c(F)cccc2C2NCc3sc(Cl)cc32)c(C(F)(F)F)n1.Cl. The smallest absolute Gasteiger partial charge is 0.301 e. The van der Waals surface area contributed by atoms with Crippen molar-refractivity contribution in [3.05, 3.63) is 62.3 Å². The van der Waals surface area contributed by atoms with E-state index in [2.05, 4.69) is 10.4 Å². The van der Waals surface area contributed by atoms with Gasteiger partial charge in [-0.15, -0.1) is 23.7 Å². The van der Waals surface area contributed by atoms with Crippen LogP contribution in [0.25, 0.3) is 11.1 Å². The third kappa shape index (κ3) is 3.54. The van der Waals surface area contributed by atoms with Crippen LogP contribution in [0.5, 0.6) is 0 Å². The van der Waals surface area contributed by atoms with Crippen LogP contribution in [0.3, 0.4) is 0 Å². The zero-order valence-corrected chi connectivity index (χ0v) is 16.9. The minimum Gasteiger partial charge on any atom is -0.301 e. The monoisotopic (exact) mass is 451 g/mol. The van der Waals surface area contributed by atoms with Crippen molar-refractivity contribution in [2.45, 2.75) is 32.2 Å². The Morgan fingerprint density at radius 3 is 2.75 bits per heavy atom. The molecule has 2 aromatic heterocycles. The van der Waals surface area contributed by atoms with Crippen LogP contribution in [0.15, 0.2) is 30.5 Å². The summed E-state index contributed by atoms with van der Waals surface area (Å²) < 4.78 is 57.2. The number of halogens is 6. The second-order valence-electron chi connectivity index (χ2n) is 6.19. The van der Waals surface area contributed by atoms with Gasteiger partial charge in [-0.05, 0) is 30.2 Å². The zero-order chi connectivity index (χ0) is 19.3. The van der Waals surface area contributed by atoms with Crippen LogP contribution in [-0.2, 0) is 19.3 Å². The number of benzene rings is 1. The lowest BCUT2D eigenvalue weighted by molar-refractivity contribution is -0.141. The molecule has 4 rings (SSSR count). The summed E-state index contributed by atoms with van der Waals surface area (Å²) in [4.78, 5) is 1.00. The summed E-state index contributed by atoms with van der Waals surface area (Å²) in [6, 6.07) is 5.65. The Bertz CT molecular complexity index is 1010. The van der Waals surface area contributed by atoms with Crippen molar-refractivity contribution < 1.29 is 17.6 Å². The molecule has 150 valence electrons. The highest BCUT2D eigenvalue weighted by atomic mass is 35.5. The van der Waals surface area contributed by atoms with E-state index in [1.165, 1.54) is 34.3 Å².